The van der Waals surface area contributed by atoms with Gasteiger partial charge < -0.3 is 15.0 Å². The molecule has 148 valence electrons. The number of carbonyl (C=O) groups excluding carboxylic acids is 2. The molecule has 1 N–H and O–H groups in total. The van der Waals surface area contributed by atoms with Gasteiger partial charge in [-0.25, -0.2) is 0 Å². The lowest BCUT2D eigenvalue weighted by molar-refractivity contribution is -0.166. The quantitative estimate of drug-likeness (QED) is 0.862. The number of likely N-dealkylation sites (tertiary alicyclic amines) is 1. The largest absolute Gasteiger partial charge is 0.371 e. The number of carbonyl (C=O) groups is 2. The Morgan fingerprint density at radius 3 is 2.79 bits per heavy atom. The van der Waals surface area contributed by atoms with Crippen LogP contribution in [-0.4, -0.2) is 53.5 Å². The van der Waals surface area contributed by atoms with Crippen LogP contribution in [0.3, 0.4) is 0 Å². The van der Waals surface area contributed by atoms with Gasteiger partial charge in [0.2, 0.25) is 0 Å². The van der Waals surface area contributed by atoms with Crippen LogP contribution in [0.2, 0.25) is 0 Å². The fraction of sp³-hybridized carbons (Fsp3) is 0.364. The minimum absolute atomic E-state index is 0.0674. The van der Waals surface area contributed by atoms with E-state index in [9.17, 15) is 9.59 Å². The van der Waals surface area contributed by atoms with E-state index in [1.807, 2.05) is 0 Å². The summed E-state index contributed by atoms with van der Waals surface area (Å²) in [6.45, 7) is 2.27. The maximum atomic E-state index is 12.6. The molecule has 29 heavy (non-hydrogen) atoms. The van der Waals surface area contributed by atoms with E-state index in [0.29, 0.717) is 42.9 Å². The topological polar surface area (TPSA) is 95.3 Å². The highest BCUT2D eigenvalue weighted by Gasteiger charge is 2.48. The van der Waals surface area contributed by atoms with Gasteiger partial charge in [-0.3, -0.25) is 14.6 Å². The van der Waals surface area contributed by atoms with Crippen molar-refractivity contribution in [1.82, 2.24) is 15.2 Å². The third-order valence-corrected chi connectivity index (χ3v) is 5.59. The molecule has 0 unspecified atom stereocenters. The molecule has 0 aliphatic carbocycles. The van der Waals surface area contributed by atoms with Crippen molar-refractivity contribution >= 4 is 11.8 Å². The first-order chi connectivity index (χ1) is 14.1. The molecule has 7 heteroatoms. The average Bonchev–Trinajstić information content (AvgIpc) is 2.76. The monoisotopic (exact) mass is 390 g/mol. The van der Waals surface area contributed by atoms with E-state index in [1.54, 1.807) is 53.7 Å². The second-order valence-corrected chi connectivity index (χ2v) is 7.70. The number of hydrogen-bond acceptors (Lipinski definition) is 5. The van der Waals surface area contributed by atoms with Crippen molar-refractivity contribution in [2.45, 2.75) is 18.4 Å². The van der Waals surface area contributed by atoms with E-state index in [4.69, 9.17) is 10.00 Å². The third kappa shape index (κ3) is 4.13. The van der Waals surface area contributed by atoms with Crippen LogP contribution in [-0.2, 0) is 4.74 Å². The van der Waals surface area contributed by atoms with Crippen LogP contribution in [0, 0.1) is 17.2 Å². The standard InChI is InChI=1S/C22H22N4O3/c23-10-16-3-1-4-18(9-16)21(28)26-14-22(15-26)7-6-17(13-29-22)11-25-20(27)19-5-2-8-24-12-19/h1-5,8-9,12,17H,6-7,11,13-15H2,(H,25,27)/t17-/m1/s1. The molecule has 2 saturated heterocycles. The maximum absolute atomic E-state index is 12.6. The van der Waals surface area contributed by atoms with Gasteiger partial charge >= 0.3 is 0 Å². The van der Waals surface area contributed by atoms with Crippen LogP contribution in [0.1, 0.15) is 39.1 Å². The van der Waals surface area contributed by atoms with Crippen LogP contribution in [0.5, 0.6) is 0 Å². The number of ether oxygens (including phenoxy) is 1. The van der Waals surface area contributed by atoms with Crippen molar-refractivity contribution in [3.8, 4) is 6.07 Å². The van der Waals surface area contributed by atoms with Crippen LogP contribution in [0.15, 0.2) is 48.8 Å². The molecule has 4 rings (SSSR count). The van der Waals surface area contributed by atoms with Crippen LogP contribution in [0.4, 0.5) is 0 Å². The zero-order valence-electron chi connectivity index (χ0n) is 16.0. The number of amides is 2. The number of nitrogens with zero attached hydrogens (tertiary/aromatic N) is 3. The number of pyridine rings is 1. The fourth-order valence-electron chi connectivity index (χ4n) is 3.86. The summed E-state index contributed by atoms with van der Waals surface area (Å²) >= 11 is 0. The summed E-state index contributed by atoms with van der Waals surface area (Å²) in [6, 6.07) is 12.3. The molecule has 1 spiro atoms. The SMILES string of the molecule is N#Cc1cccc(C(=O)N2CC3(CC[C@H](CNC(=O)c4cccnc4)CO3)C2)c1. The van der Waals surface area contributed by atoms with Gasteiger partial charge in [-0.1, -0.05) is 6.07 Å². The number of benzene rings is 1. The van der Waals surface area contributed by atoms with Gasteiger partial charge in [0.25, 0.3) is 11.8 Å². The van der Waals surface area contributed by atoms with Crippen molar-refractivity contribution in [2.75, 3.05) is 26.2 Å². The fourth-order valence-corrected chi connectivity index (χ4v) is 3.86. The Morgan fingerprint density at radius 2 is 2.10 bits per heavy atom. The first-order valence-electron chi connectivity index (χ1n) is 9.70. The minimum atomic E-state index is -0.271. The van der Waals surface area contributed by atoms with Gasteiger partial charge in [0.1, 0.15) is 5.60 Å². The highest BCUT2D eigenvalue weighted by atomic mass is 16.5. The van der Waals surface area contributed by atoms with Gasteiger partial charge in [-0.15, -0.1) is 0 Å². The molecule has 2 fully saturated rings. The smallest absolute Gasteiger partial charge is 0.254 e. The third-order valence-electron chi connectivity index (χ3n) is 5.59. The molecule has 2 aliphatic rings. The molecule has 2 aromatic rings. The number of nitrogens with one attached hydrogen (secondary N) is 1. The summed E-state index contributed by atoms with van der Waals surface area (Å²) in [7, 11) is 0. The number of aromatic nitrogens is 1. The highest BCUT2D eigenvalue weighted by molar-refractivity contribution is 5.95. The van der Waals surface area contributed by atoms with Gasteiger partial charge in [0.05, 0.1) is 36.9 Å². The summed E-state index contributed by atoms with van der Waals surface area (Å²) in [5.41, 5.74) is 1.29. The molecule has 1 aromatic heterocycles. The van der Waals surface area contributed by atoms with Gasteiger partial charge in [-0.2, -0.15) is 5.26 Å². The van der Waals surface area contributed by atoms with Crippen LogP contribution in [0.25, 0.3) is 0 Å². The lowest BCUT2D eigenvalue weighted by Gasteiger charge is -2.52. The maximum Gasteiger partial charge on any atom is 0.254 e. The normalized spacial score (nSPS) is 19.8. The van der Waals surface area contributed by atoms with E-state index >= 15 is 0 Å². The molecule has 3 heterocycles. The van der Waals surface area contributed by atoms with E-state index < -0.39 is 0 Å². The van der Waals surface area contributed by atoms with Crippen LogP contribution < -0.4 is 5.32 Å². The lowest BCUT2D eigenvalue weighted by atomic mass is 9.82. The molecule has 0 bridgehead atoms. The molecule has 1 aromatic carbocycles. The first-order valence-corrected chi connectivity index (χ1v) is 9.70. The van der Waals surface area contributed by atoms with E-state index in [1.165, 1.54) is 0 Å². The van der Waals surface area contributed by atoms with Crippen molar-refractivity contribution < 1.29 is 14.3 Å². The molecular formula is C22H22N4O3. The molecular weight excluding hydrogens is 368 g/mol. The summed E-state index contributed by atoms with van der Waals surface area (Å²) in [4.78, 5) is 30.5. The molecule has 7 nitrogen and oxygen atoms in total. The average molecular weight is 390 g/mol. The zero-order valence-corrected chi connectivity index (χ0v) is 16.0. The first kappa shape index (κ1) is 19.1. The summed E-state index contributed by atoms with van der Waals surface area (Å²) in [5.74, 6) is 0.0684. The van der Waals surface area contributed by atoms with Crippen molar-refractivity contribution in [3.63, 3.8) is 0 Å². The lowest BCUT2D eigenvalue weighted by Crippen LogP contribution is -2.66. The van der Waals surface area contributed by atoms with Crippen molar-refractivity contribution in [3.05, 3.63) is 65.5 Å². The Labute approximate surface area is 169 Å². The molecule has 2 aliphatic heterocycles. The van der Waals surface area contributed by atoms with Crippen molar-refractivity contribution in [1.29, 1.82) is 5.26 Å². The Kier molecular flexibility index (Phi) is 5.28. The van der Waals surface area contributed by atoms with Gasteiger partial charge in [-0.05, 0) is 49.1 Å². The molecule has 1 atom stereocenters. The van der Waals surface area contributed by atoms with Crippen molar-refractivity contribution in [2.24, 2.45) is 5.92 Å². The Morgan fingerprint density at radius 1 is 1.28 bits per heavy atom. The molecule has 0 saturated carbocycles. The predicted octanol–water partition coefficient (Wildman–Crippen LogP) is 2.00. The number of nitriles is 1. The Hall–Kier alpha value is -3.24. The molecule has 2 amide bonds. The van der Waals surface area contributed by atoms with Gasteiger partial charge in [0.15, 0.2) is 0 Å². The number of hydrogen-bond donors (Lipinski definition) is 1. The predicted molar refractivity (Wildman–Crippen MR) is 105 cm³/mol. The highest BCUT2D eigenvalue weighted by Crippen LogP contribution is 2.36. The summed E-state index contributed by atoms with van der Waals surface area (Å²) in [6.07, 6.45) is 4.99. The second kappa shape index (κ2) is 8.02. The Balaban J connectivity index is 1.24. The number of rotatable bonds is 4. The minimum Gasteiger partial charge on any atom is -0.371 e. The van der Waals surface area contributed by atoms with E-state index in [2.05, 4.69) is 16.4 Å². The van der Waals surface area contributed by atoms with E-state index in [0.717, 1.165) is 12.8 Å². The van der Waals surface area contributed by atoms with E-state index in [-0.39, 0.29) is 23.3 Å². The van der Waals surface area contributed by atoms with Gasteiger partial charge in [0, 0.05) is 24.5 Å². The zero-order chi connectivity index (χ0) is 20.3. The second-order valence-electron chi connectivity index (χ2n) is 7.70. The summed E-state index contributed by atoms with van der Waals surface area (Å²) in [5, 5.41) is 11.9. The van der Waals surface area contributed by atoms with Crippen LogP contribution >= 0.6 is 0 Å². The summed E-state index contributed by atoms with van der Waals surface area (Å²) < 4.78 is 6.10. The molecule has 0 radical (unpaired) electrons. The Bertz CT molecular complexity index is 938.